The minimum absolute atomic E-state index is 0.143. The summed E-state index contributed by atoms with van der Waals surface area (Å²) in [4.78, 5) is 0. The lowest BCUT2D eigenvalue weighted by Crippen LogP contribution is -2.40. The second-order valence-corrected chi connectivity index (χ2v) is 4.72. The van der Waals surface area contributed by atoms with Crippen LogP contribution in [-0.2, 0) is 0 Å². The largest absolute Gasteiger partial charge is 0.325 e. The second kappa shape index (κ2) is 3.14. The Morgan fingerprint density at radius 2 is 2.18 bits per heavy atom. The number of hydrogen-bond acceptors (Lipinski definition) is 1. The highest BCUT2D eigenvalue weighted by molar-refractivity contribution is 4.92. The van der Waals surface area contributed by atoms with E-state index in [1.54, 1.807) is 0 Å². The molecule has 0 bridgehead atoms. The molecule has 0 unspecified atom stereocenters. The molecule has 11 heavy (non-hydrogen) atoms. The van der Waals surface area contributed by atoms with E-state index in [1.807, 2.05) is 0 Å². The first-order valence-corrected chi connectivity index (χ1v) is 4.81. The fourth-order valence-electron chi connectivity index (χ4n) is 2.22. The minimum atomic E-state index is 0.143. The minimum Gasteiger partial charge on any atom is -0.325 e. The average molecular weight is 155 g/mol. The first-order valence-electron chi connectivity index (χ1n) is 4.81. The molecule has 0 radical (unpaired) electrons. The SMILES string of the molecule is CC(C)C[C@@H]1CCC[C@@]1(C)N. The molecular formula is C10H21N. The zero-order valence-corrected chi connectivity index (χ0v) is 8.06. The van der Waals surface area contributed by atoms with Crippen molar-refractivity contribution in [1.29, 1.82) is 0 Å². The van der Waals surface area contributed by atoms with Crippen LogP contribution in [0.3, 0.4) is 0 Å². The Labute approximate surface area is 70.4 Å². The van der Waals surface area contributed by atoms with Crippen molar-refractivity contribution in [3.05, 3.63) is 0 Å². The van der Waals surface area contributed by atoms with E-state index in [0.29, 0.717) is 0 Å². The molecule has 1 saturated carbocycles. The summed E-state index contributed by atoms with van der Waals surface area (Å²) in [5, 5.41) is 0. The third-order valence-corrected chi connectivity index (χ3v) is 2.96. The molecule has 2 atom stereocenters. The number of hydrogen-bond donors (Lipinski definition) is 1. The van der Waals surface area contributed by atoms with E-state index in [-0.39, 0.29) is 5.54 Å². The maximum Gasteiger partial charge on any atom is 0.0154 e. The van der Waals surface area contributed by atoms with Crippen molar-refractivity contribution in [2.24, 2.45) is 17.6 Å². The maximum atomic E-state index is 6.17. The Morgan fingerprint density at radius 3 is 2.55 bits per heavy atom. The quantitative estimate of drug-likeness (QED) is 0.651. The lowest BCUT2D eigenvalue weighted by molar-refractivity contribution is 0.294. The lowest BCUT2D eigenvalue weighted by atomic mass is 9.84. The lowest BCUT2D eigenvalue weighted by Gasteiger charge is -2.28. The predicted molar refractivity (Wildman–Crippen MR) is 49.4 cm³/mol. The molecule has 0 aromatic heterocycles. The van der Waals surface area contributed by atoms with Crippen LogP contribution in [0.5, 0.6) is 0 Å². The van der Waals surface area contributed by atoms with Gasteiger partial charge in [0.15, 0.2) is 0 Å². The van der Waals surface area contributed by atoms with Crippen molar-refractivity contribution in [3.63, 3.8) is 0 Å². The fourth-order valence-corrected chi connectivity index (χ4v) is 2.22. The fraction of sp³-hybridized carbons (Fsp3) is 1.00. The van der Waals surface area contributed by atoms with Gasteiger partial charge in [0.05, 0.1) is 0 Å². The highest BCUT2D eigenvalue weighted by Crippen LogP contribution is 2.37. The van der Waals surface area contributed by atoms with Gasteiger partial charge in [-0.15, -0.1) is 0 Å². The van der Waals surface area contributed by atoms with Gasteiger partial charge in [0.2, 0.25) is 0 Å². The normalized spacial score (nSPS) is 38.5. The van der Waals surface area contributed by atoms with Crippen LogP contribution in [-0.4, -0.2) is 5.54 Å². The monoisotopic (exact) mass is 155 g/mol. The molecular weight excluding hydrogens is 134 g/mol. The van der Waals surface area contributed by atoms with Crippen molar-refractivity contribution in [1.82, 2.24) is 0 Å². The van der Waals surface area contributed by atoms with Gasteiger partial charge in [0, 0.05) is 5.54 Å². The second-order valence-electron chi connectivity index (χ2n) is 4.72. The van der Waals surface area contributed by atoms with Crippen LogP contribution in [0, 0.1) is 11.8 Å². The van der Waals surface area contributed by atoms with Crippen LogP contribution in [0.2, 0.25) is 0 Å². The number of nitrogens with two attached hydrogens (primary N) is 1. The van der Waals surface area contributed by atoms with Gasteiger partial charge in [0.25, 0.3) is 0 Å². The van der Waals surface area contributed by atoms with Crippen molar-refractivity contribution in [3.8, 4) is 0 Å². The molecule has 1 fully saturated rings. The molecule has 1 aliphatic rings. The van der Waals surface area contributed by atoms with E-state index in [0.717, 1.165) is 11.8 Å². The summed E-state index contributed by atoms with van der Waals surface area (Å²) < 4.78 is 0. The molecule has 0 spiro atoms. The van der Waals surface area contributed by atoms with Crippen LogP contribution < -0.4 is 5.73 Å². The Bertz CT molecular complexity index is 127. The van der Waals surface area contributed by atoms with Gasteiger partial charge in [-0.3, -0.25) is 0 Å². The van der Waals surface area contributed by atoms with E-state index >= 15 is 0 Å². The summed E-state index contributed by atoms with van der Waals surface area (Å²) in [5.74, 6) is 1.59. The Hall–Kier alpha value is -0.0400. The summed E-state index contributed by atoms with van der Waals surface area (Å²) in [6.45, 7) is 6.79. The summed E-state index contributed by atoms with van der Waals surface area (Å²) >= 11 is 0. The van der Waals surface area contributed by atoms with Crippen molar-refractivity contribution in [2.45, 2.75) is 52.0 Å². The predicted octanol–water partition coefficient (Wildman–Crippen LogP) is 2.55. The molecule has 0 aromatic rings. The van der Waals surface area contributed by atoms with Crippen LogP contribution in [0.4, 0.5) is 0 Å². The standard InChI is InChI=1S/C10H21N/c1-8(2)7-9-5-4-6-10(9,3)11/h8-9H,4-7,11H2,1-3H3/t9-,10+/m0/s1. The molecule has 0 amide bonds. The summed E-state index contributed by atoms with van der Waals surface area (Å²) in [6.07, 6.45) is 5.23. The van der Waals surface area contributed by atoms with Crippen LogP contribution in [0.25, 0.3) is 0 Å². The van der Waals surface area contributed by atoms with Gasteiger partial charge in [-0.05, 0) is 38.0 Å². The van der Waals surface area contributed by atoms with E-state index in [9.17, 15) is 0 Å². The summed E-state index contributed by atoms with van der Waals surface area (Å²) in [5.41, 5.74) is 6.31. The van der Waals surface area contributed by atoms with Gasteiger partial charge in [-0.2, -0.15) is 0 Å². The zero-order chi connectivity index (χ0) is 8.48. The highest BCUT2D eigenvalue weighted by atomic mass is 14.8. The molecule has 0 aliphatic heterocycles. The zero-order valence-electron chi connectivity index (χ0n) is 8.06. The molecule has 0 saturated heterocycles. The summed E-state index contributed by atoms with van der Waals surface area (Å²) in [6, 6.07) is 0. The van der Waals surface area contributed by atoms with Gasteiger partial charge >= 0.3 is 0 Å². The summed E-state index contributed by atoms with van der Waals surface area (Å²) in [7, 11) is 0. The smallest absolute Gasteiger partial charge is 0.0154 e. The van der Waals surface area contributed by atoms with Crippen molar-refractivity contribution < 1.29 is 0 Å². The third kappa shape index (κ3) is 2.19. The first kappa shape index (κ1) is 9.05. The molecule has 0 aromatic carbocycles. The molecule has 1 nitrogen and oxygen atoms in total. The van der Waals surface area contributed by atoms with Gasteiger partial charge in [0.1, 0.15) is 0 Å². The van der Waals surface area contributed by atoms with Crippen LogP contribution in [0.15, 0.2) is 0 Å². The highest BCUT2D eigenvalue weighted by Gasteiger charge is 2.34. The van der Waals surface area contributed by atoms with E-state index in [4.69, 9.17) is 5.73 Å². The van der Waals surface area contributed by atoms with Gasteiger partial charge < -0.3 is 5.73 Å². The van der Waals surface area contributed by atoms with E-state index < -0.39 is 0 Å². The van der Waals surface area contributed by atoms with E-state index in [2.05, 4.69) is 20.8 Å². The van der Waals surface area contributed by atoms with E-state index in [1.165, 1.54) is 25.7 Å². The van der Waals surface area contributed by atoms with Gasteiger partial charge in [-0.1, -0.05) is 20.3 Å². The Balaban J connectivity index is 2.45. The first-order chi connectivity index (χ1) is 5.02. The topological polar surface area (TPSA) is 26.0 Å². The van der Waals surface area contributed by atoms with Crippen molar-refractivity contribution >= 4 is 0 Å². The van der Waals surface area contributed by atoms with Crippen LogP contribution >= 0.6 is 0 Å². The van der Waals surface area contributed by atoms with Gasteiger partial charge in [-0.25, -0.2) is 0 Å². The molecule has 2 N–H and O–H groups in total. The third-order valence-electron chi connectivity index (χ3n) is 2.96. The van der Waals surface area contributed by atoms with Crippen LogP contribution in [0.1, 0.15) is 46.5 Å². The molecule has 1 rings (SSSR count). The molecule has 0 heterocycles. The Morgan fingerprint density at radius 1 is 1.55 bits per heavy atom. The average Bonchev–Trinajstić information content (AvgIpc) is 2.10. The van der Waals surface area contributed by atoms with Crippen molar-refractivity contribution in [2.75, 3.05) is 0 Å². The Kier molecular flexibility index (Phi) is 2.58. The maximum absolute atomic E-state index is 6.17. The molecule has 1 heteroatoms. The number of rotatable bonds is 2. The molecule has 1 aliphatic carbocycles. The molecule has 66 valence electrons.